The van der Waals surface area contributed by atoms with E-state index < -0.39 is 0 Å². The van der Waals surface area contributed by atoms with Crippen molar-refractivity contribution in [2.75, 3.05) is 0 Å². The maximum absolute atomic E-state index is 10.9. The summed E-state index contributed by atoms with van der Waals surface area (Å²) in [6.45, 7) is 3.83. The second kappa shape index (κ2) is 3.09. The van der Waals surface area contributed by atoms with Gasteiger partial charge in [-0.05, 0) is 31.1 Å². The molecule has 70 valence electrons. The Hall–Kier alpha value is -0.920. The Morgan fingerprint density at radius 3 is 3.15 bits per heavy atom. The van der Waals surface area contributed by atoms with Gasteiger partial charge in [-0.2, -0.15) is 0 Å². The van der Waals surface area contributed by atoms with E-state index in [2.05, 4.69) is 18.0 Å². The third kappa shape index (κ3) is 1.87. The van der Waals surface area contributed by atoms with E-state index in [1.165, 1.54) is 6.42 Å². The van der Waals surface area contributed by atoms with E-state index in [1.807, 2.05) is 6.21 Å². The Labute approximate surface area is 78.7 Å². The molecule has 1 aliphatic carbocycles. The molecule has 0 radical (unpaired) electrons. The molecule has 1 saturated carbocycles. The van der Waals surface area contributed by atoms with Crippen LogP contribution in [0.15, 0.2) is 16.8 Å². The highest BCUT2D eigenvalue weighted by Gasteiger charge is 2.40. The Balaban J connectivity index is 2.10. The molecule has 0 amide bonds. The molecule has 2 aliphatic rings. The molecule has 2 nitrogen and oxygen atoms in total. The SMILES string of the molecule is CC(=O)CC1=CC2CC2C(C)C=N1. The molecule has 0 aromatic heterocycles. The average Bonchev–Trinajstić information content (AvgIpc) is 2.76. The molecule has 1 aliphatic heterocycles. The van der Waals surface area contributed by atoms with Gasteiger partial charge in [0, 0.05) is 18.3 Å². The number of rotatable bonds is 2. The molecular formula is C11H15NO. The van der Waals surface area contributed by atoms with E-state index in [0.717, 1.165) is 11.6 Å². The zero-order valence-electron chi connectivity index (χ0n) is 8.16. The Kier molecular flexibility index (Phi) is 2.06. The Morgan fingerprint density at radius 2 is 2.46 bits per heavy atom. The minimum Gasteiger partial charge on any atom is -0.300 e. The molecule has 2 heteroatoms. The average molecular weight is 177 g/mol. The number of allylic oxidation sites excluding steroid dienone is 2. The lowest BCUT2D eigenvalue weighted by Gasteiger charge is -1.99. The van der Waals surface area contributed by atoms with Crippen molar-refractivity contribution in [1.82, 2.24) is 0 Å². The Morgan fingerprint density at radius 1 is 1.69 bits per heavy atom. The standard InChI is InChI=1S/C11H15NO/c1-7-6-12-10(3-8(2)13)4-9-5-11(7)9/h4,6-7,9,11H,3,5H2,1-2H3. The van der Waals surface area contributed by atoms with E-state index >= 15 is 0 Å². The number of nitrogens with zero attached hydrogens (tertiary/aromatic N) is 1. The molecule has 1 fully saturated rings. The first kappa shape index (κ1) is 8.67. The van der Waals surface area contributed by atoms with Gasteiger partial charge in [0.1, 0.15) is 5.78 Å². The van der Waals surface area contributed by atoms with Crippen LogP contribution in [-0.4, -0.2) is 12.0 Å². The number of hydrogen-bond acceptors (Lipinski definition) is 2. The predicted molar refractivity (Wildman–Crippen MR) is 52.6 cm³/mol. The first-order chi connectivity index (χ1) is 6.16. The van der Waals surface area contributed by atoms with Crippen LogP contribution in [0.5, 0.6) is 0 Å². The molecule has 3 unspecified atom stereocenters. The normalized spacial score (nSPS) is 36.2. The monoisotopic (exact) mass is 177 g/mol. The fraction of sp³-hybridized carbons (Fsp3) is 0.636. The van der Waals surface area contributed by atoms with E-state index in [1.54, 1.807) is 6.92 Å². The quantitative estimate of drug-likeness (QED) is 0.635. The summed E-state index contributed by atoms with van der Waals surface area (Å²) >= 11 is 0. The molecule has 1 heterocycles. The van der Waals surface area contributed by atoms with Crippen molar-refractivity contribution in [3.63, 3.8) is 0 Å². The van der Waals surface area contributed by atoms with Gasteiger partial charge in [0.25, 0.3) is 0 Å². The van der Waals surface area contributed by atoms with Gasteiger partial charge in [0.2, 0.25) is 0 Å². The third-order valence-corrected chi connectivity index (χ3v) is 2.88. The molecule has 0 saturated heterocycles. The van der Waals surface area contributed by atoms with Crippen LogP contribution in [0.3, 0.4) is 0 Å². The molecule has 3 atom stereocenters. The largest absolute Gasteiger partial charge is 0.300 e. The van der Waals surface area contributed by atoms with Crippen LogP contribution in [0.4, 0.5) is 0 Å². The molecule has 13 heavy (non-hydrogen) atoms. The zero-order valence-corrected chi connectivity index (χ0v) is 8.16. The van der Waals surface area contributed by atoms with E-state index in [9.17, 15) is 4.79 Å². The summed E-state index contributed by atoms with van der Waals surface area (Å²) in [5.41, 5.74) is 0.976. The highest BCUT2D eigenvalue weighted by molar-refractivity contribution is 5.79. The zero-order chi connectivity index (χ0) is 9.42. The minimum absolute atomic E-state index is 0.204. The maximum atomic E-state index is 10.9. The van der Waals surface area contributed by atoms with Gasteiger partial charge in [-0.15, -0.1) is 0 Å². The van der Waals surface area contributed by atoms with Crippen molar-refractivity contribution in [1.29, 1.82) is 0 Å². The second-order valence-corrected chi connectivity index (χ2v) is 4.24. The van der Waals surface area contributed by atoms with Gasteiger partial charge in [0.05, 0.1) is 0 Å². The van der Waals surface area contributed by atoms with Gasteiger partial charge < -0.3 is 0 Å². The Bertz CT molecular complexity index is 290. The van der Waals surface area contributed by atoms with Crippen LogP contribution in [-0.2, 0) is 4.79 Å². The number of carbonyl (C=O) groups is 1. The van der Waals surface area contributed by atoms with Crippen molar-refractivity contribution < 1.29 is 4.79 Å². The molecule has 2 rings (SSSR count). The van der Waals surface area contributed by atoms with E-state index in [0.29, 0.717) is 18.3 Å². The van der Waals surface area contributed by atoms with Gasteiger partial charge in [-0.3, -0.25) is 9.79 Å². The van der Waals surface area contributed by atoms with Crippen molar-refractivity contribution in [2.45, 2.75) is 26.7 Å². The molecule has 0 aromatic carbocycles. The van der Waals surface area contributed by atoms with Crippen molar-refractivity contribution in [3.8, 4) is 0 Å². The molecule has 0 aromatic rings. The number of carbonyl (C=O) groups excluding carboxylic acids is 1. The summed E-state index contributed by atoms with van der Waals surface area (Å²) in [4.78, 5) is 15.3. The van der Waals surface area contributed by atoms with Crippen LogP contribution in [0.1, 0.15) is 26.7 Å². The molecule has 0 N–H and O–H groups in total. The maximum Gasteiger partial charge on any atom is 0.135 e. The summed E-state index contributed by atoms with van der Waals surface area (Å²) in [6, 6.07) is 0. The highest BCUT2D eigenvalue weighted by atomic mass is 16.1. The number of Topliss-reactive ketones (excluding diaryl/α,β-unsaturated/α-hetero) is 1. The lowest BCUT2D eigenvalue weighted by Crippen LogP contribution is -1.98. The predicted octanol–water partition coefficient (Wildman–Crippen LogP) is 2.21. The first-order valence-electron chi connectivity index (χ1n) is 4.91. The van der Waals surface area contributed by atoms with Gasteiger partial charge in [0.15, 0.2) is 0 Å². The van der Waals surface area contributed by atoms with Crippen molar-refractivity contribution >= 4 is 12.0 Å². The lowest BCUT2D eigenvalue weighted by molar-refractivity contribution is -0.116. The summed E-state index contributed by atoms with van der Waals surface area (Å²) in [5, 5.41) is 0. The number of aliphatic imine (C=N–C) groups is 1. The first-order valence-corrected chi connectivity index (χ1v) is 4.91. The van der Waals surface area contributed by atoms with E-state index in [-0.39, 0.29) is 5.78 Å². The van der Waals surface area contributed by atoms with Gasteiger partial charge in [-0.25, -0.2) is 0 Å². The molecule has 0 bridgehead atoms. The highest BCUT2D eigenvalue weighted by Crippen LogP contribution is 2.46. The van der Waals surface area contributed by atoms with Crippen molar-refractivity contribution in [3.05, 3.63) is 11.8 Å². The van der Waals surface area contributed by atoms with Gasteiger partial charge >= 0.3 is 0 Å². The van der Waals surface area contributed by atoms with Crippen LogP contribution in [0, 0.1) is 17.8 Å². The number of hydrogen-bond donors (Lipinski definition) is 0. The van der Waals surface area contributed by atoms with Crippen LogP contribution in [0.2, 0.25) is 0 Å². The van der Waals surface area contributed by atoms with Crippen LogP contribution >= 0.6 is 0 Å². The summed E-state index contributed by atoms with van der Waals surface area (Å²) in [7, 11) is 0. The van der Waals surface area contributed by atoms with E-state index in [4.69, 9.17) is 0 Å². The lowest BCUT2D eigenvalue weighted by atomic mass is 10.1. The summed E-state index contributed by atoms with van der Waals surface area (Å²) < 4.78 is 0. The molecular weight excluding hydrogens is 162 g/mol. The van der Waals surface area contributed by atoms with Gasteiger partial charge in [-0.1, -0.05) is 13.0 Å². The fourth-order valence-corrected chi connectivity index (χ4v) is 2.01. The smallest absolute Gasteiger partial charge is 0.135 e. The number of fused-ring (bicyclic) bond motifs is 1. The summed E-state index contributed by atoms with van der Waals surface area (Å²) in [6.07, 6.45) is 5.99. The summed E-state index contributed by atoms with van der Waals surface area (Å²) in [5.74, 6) is 2.29. The topological polar surface area (TPSA) is 29.4 Å². The fourth-order valence-electron chi connectivity index (χ4n) is 2.01. The van der Waals surface area contributed by atoms with Crippen LogP contribution < -0.4 is 0 Å². The third-order valence-electron chi connectivity index (χ3n) is 2.88. The number of ketones is 1. The van der Waals surface area contributed by atoms with Crippen LogP contribution in [0.25, 0.3) is 0 Å². The second-order valence-electron chi connectivity index (χ2n) is 4.24. The van der Waals surface area contributed by atoms with Crippen molar-refractivity contribution in [2.24, 2.45) is 22.7 Å². The molecule has 0 spiro atoms. The minimum atomic E-state index is 0.204.